The summed E-state index contributed by atoms with van der Waals surface area (Å²) in [5.74, 6) is 0.733. The van der Waals surface area contributed by atoms with Crippen LogP contribution in [-0.4, -0.2) is 12.6 Å². The van der Waals surface area contributed by atoms with E-state index >= 15 is 0 Å². The maximum absolute atomic E-state index is 12.4. The summed E-state index contributed by atoms with van der Waals surface area (Å²) >= 11 is 6.25. The summed E-state index contributed by atoms with van der Waals surface area (Å²) in [7, 11) is 0. The van der Waals surface area contributed by atoms with Gasteiger partial charge in [-0.05, 0) is 55.2 Å². The van der Waals surface area contributed by atoms with Crippen molar-refractivity contribution < 1.29 is 14.3 Å². The molecule has 0 atom stereocenters. The highest BCUT2D eigenvalue weighted by Gasteiger charge is 2.14. The van der Waals surface area contributed by atoms with Crippen LogP contribution in [0.3, 0.4) is 0 Å². The molecule has 0 aliphatic heterocycles. The van der Waals surface area contributed by atoms with E-state index in [1.54, 1.807) is 18.2 Å². The largest absolute Gasteiger partial charge is 0.494 e. The molecule has 2 aromatic rings. The Hall–Kier alpha value is -2.00. The summed E-state index contributed by atoms with van der Waals surface area (Å²) in [5.41, 5.74) is 1.58. The molecule has 146 valence electrons. The number of esters is 1. The molecule has 0 saturated carbocycles. The molecule has 0 unspecified atom stereocenters. The fraction of sp³-hybridized carbons (Fsp3) is 0.435. The second-order valence-corrected chi connectivity index (χ2v) is 7.09. The molecular formula is C23H29ClO3. The Morgan fingerprint density at radius 1 is 0.889 bits per heavy atom. The topological polar surface area (TPSA) is 35.5 Å². The van der Waals surface area contributed by atoms with Crippen molar-refractivity contribution in [2.75, 3.05) is 6.61 Å². The lowest BCUT2D eigenvalue weighted by Gasteiger charge is -2.10. The minimum Gasteiger partial charge on any atom is -0.494 e. The zero-order valence-electron chi connectivity index (χ0n) is 16.3. The van der Waals surface area contributed by atoms with E-state index in [9.17, 15) is 4.79 Å². The van der Waals surface area contributed by atoms with E-state index in [-0.39, 0.29) is 0 Å². The third-order valence-electron chi connectivity index (χ3n) is 4.38. The summed E-state index contributed by atoms with van der Waals surface area (Å²) in [6.45, 7) is 5.01. The third-order valence-corrected chi connectivity index (χ3v) is 4.69. The standard InChI is InChI=1S/C23H29ClO3/c1-3-5-7-8-16-26-20-14-15-21(22(24)17-20)23(25)27-19-12-10-18(11-13-19)9-6-4-2/h10-15,17H,3-9,16H2,1-2H3. The number of unbranched alkanes of at least 4 members (excludes halogenated alkanes) is 4. The van der Waals surface area contributed by atoms with Crippen molar-refractivity contribution in [3.63, 3.8) is 0 Å². The van der Waals surface area contributed by atoms with E-state index in [0.29, 0.717) is 28.7 Å². The lowest BCUT2D eigenvalue weighted by atomic mass is 10.1. The number of carbonyl (C=O) groups excluding carboxylic acids is 1. The third kappa shape index (κ3) is 7.26. The predicted molar refractivity (Wildman–Crippen MR) is 111 cm³/mol. The number of ether oxygens (including phenoxy) is 2. The number of carbonyl (C=O) groups is 1. The van der Waals surface area contributed by atoms with Gasteiger partial charge in [0, 0.05) is 0 Å². The molecule has 0 bridgehead atoms. The Morgan fingerprint density at radius 3 is 2.26 bits per heavy atom. The molecule has 0 aliphatic rings. The highest BCUT2D eigenvalue weighted by molar-refractivity contribution is 6.33. The van der Waals surface area contributed by atoms with Crippen molar-refractivity contribution in [1.29, 1.82) is 0 Å². The molecule has 2 aromatic carbocycles. The number of hydrogen-bond donors (Lipinski definition) is 0. The van der Waals surface area contributed by atoms with Crippen LogP contribution in [0.25, 0.3) is 0 Å². The van der Waals surface area contributed by atoms with Crippen LogP contribution >= 0.6 is 11.6 Å². The monoisotopic (exact) mass is 388 g/mol. The number of halogens is 1. The molecule has 2 rings (SSSR count). The molecule has 0 saturated heterocycles. The van der Waals surface area contributed by atoms with Gasteiger partial charge in [-0.25, -0.2) is 4.79 Å². The van der Waals surface area contributed by atoms with Crippen LogP contribution in [-0.2, 0) is 6.42 Å². The van der Waals surface area contributed by atoms with Crippen LogP contribution in [0.5, 0.6) is 11.5 Å². The van der Waals surface area contributed by atoms with Crippen molar-refractivity contribution >= 4 is 17.6 Å². The summed E-state index contributed by atoms with van der Waals surface area (Å²) < 4.78 is 11.1. The average Bonchev–Trinajstić information content (AvgIpc) is 2.67. The Kier molecular flexibility index (Phi) is 9.20. The van der Waals surface area contributed by atoms with Crippen LogP contribution in [0.1, 0.15) is 68.3 Å². The number of aryl methyl sites for hydroxylation is 1. The number of rotatable bonds is 11. The summed E-state index contributed by atoms with van der Waals surface area (Å²) in [6, 6.07) is 12.7. The average molecular weight is 389 g/mol. The lowest BCUT2D eigenvalue weighted by molar-refractivity contribution is 0.0735. The van der Waals surface area contributed by atoms with Gasteiger partial charge in [-0.2, -0.15) is 0 Å². The molecule has 0 amide bonds. The molecule has 0 aliphatic carbocycles. The first-order valence-electron chi connectivity index (χ1n) is 9.87. The van der Waals surface area contributed by atoms with Gasteiger partial charge < -0.3 is 9.47 Å². The Bertz CT molecular complexity index is 710. The van der Waals surface area contributed by atoms with Gasteiger partial charge in [0.25, 0.3) is 0 Å². The van der Waals surface area contributed by atoms with Gasteiger partial charge in [-0.15, -0.1) is 0 Å². The van der Waals surface area contributed by atoms with Gasteiger partial charge in [-0.3, -0.25) is 0 Å². The van der Waals surface area contributed by atoms with Crippen molar-refractivity contribution in [1.82, 2.24) is 0 Å². The lowest BCUT2D eigenvalue weighted by Crippen LogP contribution is -2.09. The molecular weight excluding hydrogens is 360 g/mol. The second kappa shape index (κ2) is 11.7. The van der Waals surface area contributed by atoms with E-state index in [4.69, 9.17) is 21.1 Å². The van der Waals surface area contributed by atoms with Gasteiger partial charge in [0.05, 0.1) is 17.2 Å². The number of hydrogen-bond acceptors (Lipinski definition) is 3. The normalized spacial score (nSPS) is 10.6. The molecule has 0 spiro atoms. The second-order valence-electron chi connectivity index (χ2n) is 6.69. The zero-order valence-corrected chi connectivity index (χ0v) is 17.1. The highest BCUT2D eigenvalue weighted by Crippen LogP contribution is 2.25. The zero-order chi connectivity index (χ0) is 19.5. The van der Waals surface area contributed by atoms with E-state index in [1.165, 1.54) is 18.4 Å². The fourth-order valence-corrected chi connectivity index (χ4v) is 2.98. The van der Waals surface area contributed by atoms with E-state index < -0.39 is 5.97 Å². The minimum absolute atomic E-state index is 0.338. The van der Waals surface area contributed by atoms with Crippen LogP contribution in [0.2, 0.25) is 5.02 Å². The Balaban J connectivity index is 1.90. The smallest absolute Gasteiger partial charge is 0.345 e. The molecule has 27 heavy (non-hydrogen) atoms. The minimum atomic E-state index is -0.462. The molecule has 0 heterocycles. The van der Waals surface area contributed by atoms with Crippen LogP contribution in [0, 0.1) is 0 Å². The van der Waals surface area contributed by atoms with Crippen molar-refractivity contribution in [2.45, 2.75) is 58.8 Å². The van der Waals surface area contributed by atoms with Crippen molar-refractivity contribution in [3.05, 3.63) is 58.6 Å². The van der Waals surface area contributed by atoms with Gasteiger partial charge in [-0.1, -0.05) is 63.3 Å². The van der Waals surface area contributed by atoms with Gasteiger partial charge >= 0.3 is 5.97 Å². The quantitative estimate of drug-likeness (QED) is 0.239. The van der Waals surface area contributed by atoms with E-state index in [2.05, 4.69) is 13.8 Å². The first-order valence-corrected chi connectivity index (χ1v) is 10.2. The summed E-state index contributed by atoms with van der Waals surface area (Å²) in [5, 5.41) is 0.339. The molecule has 4 heteroatoms. The summed E-state index contributed by atoms with van der Waals surface area (Å²) in [4.78, 5) is 12.4. The van der Waals surface area contributed by atoms with Gasteiger partial charge in [0.2, 0.25) is 0 Å². The molecule has 0 fully saturated rings. The SMILES string of the molecule is CCCCCCOc1ccc(C(=O)Oc2ccc(CCCC)cc2)c(Cl)c1. The fourth-order valence-electron chi connectivity index (χ4n) is 2.74. The van der Waals surface area contributed by atoms with Gasteiger partial charge in [0.1, 0.15) is 11.5 Å². The first-order chi connectivity index (χ1) is 13.1. The van der Waals surface area contributed by atoms with Gasteiger partial charge in [0.15, 0.2) is 0 Å². The van der Waals surface area contributed by atoms with Crippen molar-refractivity contribution in [3.8, 4) is 11.5 Å². The van der Waals surface area contributed by atoms with E-state index in [1.807, 2.05) is 24.3 Å². The summed E-state index contributed by atoms with van der Waals surface area (Å²) in [6.07, 6.45) is 7.94. The molecule has 0 N–H and O–H groups in total. The molecule has 0 radical (unpaired) electrons. The first kappa shape index (κ1) is 21.3. The molecule has 3 nitrogen and oxygen atoms in total. The van der Waals surface area contributed by atoms with Crippen LogP contribution in [0.4, 0.5) is 0 Å². The van der Waals surface area contributed by atoms with Crippen molar-refractivity contribution in [2.24, 2.45) is 0 Å². The van der Waals surface area contributed by atoms with E-state index in [0.717, 1.165) is 32.1 Å². The highest BCUT2D eigenvalue weighted by atomic mass is 35.5. The number of benzene rings is 2. The molecule has 0 aromatic heterocycles. The van der Waals surface area contributed by atoms with Crippen LogP contribution < -0.4 is 9.47 Å². The van der Waals surface area contributed by atoms with Crippen LogP contribution in [0.15, 0.2) is 42.5 Å². The predicted octanol–water partition coefficient (Wildman–Crippen LogP) is 6.86. The maximum Gasteiger partial charge on any atom is 0.345 e. The maximum atomic E-state index is 12.4. The Morgan fingerprint density at radius 2 is 1.59 bits per heavy atom. The Labute approximate surface area is 167 Å².